The number of benzene rings is 1. The Bertz CT molecular complexity index is 283. The van der Waals surface area contributed by atoms with E-state index in [2.05, 4.69) is 6.58 Å². The van der Waals surface area contributed by atoms with Crippen molar-refractivity contribution < 1.29 is 4.74 Å². The molecule has 0 aromatic heterocycles. The predicted octanol–water partition coefficient (Wildman–Crippen LogP) is 2.27. The van der Waals surface area contributed by atoms with Gasteiger partial charge >= 0.3 is 0 Å². The standard InChI is InChI=1S/C11H15NO/c1-3-10(12)9-7-5-6-8-11(9)13-4-2/h3,5-8,10H,1,4,12H2,2H3/t10-/m1/s1. The molecule has 0 heterocycles. The van der Waals surface area contributed by atoms with Gasteiger partial charge in [0.1, 0.15) is 5.75 Å². The summed E-state index contributed by atoms with van der Waals surface area (Å²) >= 11 is 0. The van der Waals surface area contributed by atoms with E-state index >= 15 is 0 Å². The van der Waals surface area contributed by atoms with Gasteiger partial charge in [-0.15, -0.1) is 6.58 Å². The summed E-state index contributed by atoms with van der Waals surface area (Å²) in [4.78, 5) is 0. The Labute approximate surface area is 79.0 Å². The molecule has 2 nitrogen and oxygen atoms in total. The monoisotopic (exact) mass is 177 g/mol. The highest BCUT2D eigenvalue weighted by atomic mass is 16.5. The lowest BCUT2D eigenvalue weighted by molar-refractivity contribution is 0.335. The Hall–Kier alpha value is -1.28. The van der Waals surface area contributed by atoms with Crippen molar-refractivity contribution in [3.63, 3.8) is 0 Å². The van der Waals surface area contributed by atoms with Gasteiger partial charge in [-0.3, -0.25) is 0 Å². The molecular weight excluding hydrogens is 162 g/mol. The molecule has 0 fully saturated rings. The minimum atomic E-state index is -0.150. The third kappa shape index (κ3) is 2.33. The number of rotatable bonds is 4. The molecule has 0 amide bonds. The van der Waals surface area contributed by atoms with Crippen molar-refractivity contribution in [2.45, 2.75) is 13.0 Å². The molecule has 1 aromatic rings. The van der Waals surface area contributed by atoms with Crippen molar-refractivity contribution in [1.82, 2.24) is 0 Å². The summed E-state index contributed by atoms with van der Waals surface area (Å²) in [7, 11) is 0. The molecule has 0 spiro atoms. The lowest BCUT2D eigenvalue weighted by atomic mass is 10.1. The lowest BCUT2D eigenvalue weighted by Gasteiger charge is -2.12. The topological polar surface area (TPSA) is 35.2 Å². The van der Waals surface area contributed by atoms with Gasteiger partial charge in [0.15, 0.2) is 0 Å². The van der Waals surface area contributed by atoms with Gasteiger partial charge in [-0.1, -0.05) is 24.3 Å². The maximum absolute atomic E-state index is 5.83. The van der Waals surface area contributed by atoms with Crippen LogP contribution in [0.15, 0.2) is 36.9 Å². The molecule has 1 rings (SSSR count). The fourth-order valence-electron chi connectivity index (χ4n) is 1.17. The minimum absolute atomic E-state index is 0.150. The Kier molecular flexibility index (Phi) is 3.53. The van der Waals surface area contributed by atoms with E-state index in [0.717, 1.165) is 11.3 Å². The minimum Gasteiger partial charge on any atom is -0.494 e. The number of ether oxygens (including phenoxy) is 1. The van der Waals surface area contributed by atoms with Crippen molar-refractivity contribution in [3.8, 4) is 5.75 Å². The van der Waals surface area contributed by atoms with Crippen LogP contribution < -0.4 is 10.5 Å². The van der Waals surface area contributed by atoms with Crippen molar-refractivity contribution >= 4 is 0 Å². The van der Waals surface area contributed by atoms with E-state index in [4.69, 9.17) is 10.5 Å². The van der Waals surface area contributed by atoms with E-state index in [1.165, 1.54) is 0 Å². The Balaban J connectivity index is 2.96. The second-order valence-corrected chi connectivity index (χ2v) is 2.73. The molecule has 0 unspecified atom stereocenters. The second kappa shape index (κ2) is 4.67. The van der Waals surface area contributed by atoms with Crippen LogP contribution in [-0.2, 0) is 0 Å². The van der Waals surface area contributed by atoms with Crippen LogP contribution in [-0.4, -0.2) is 6.61 Å². The van der Waals surface area contributed by atoms with Crippen LogP contribution in [0.2, 0.25) is 0 Å². The molecule has 0 aliphatic heterocycles. The van der Waals surface area contributed by atoms with Crippen LogP contribution in [0.25, 0.3) is 0 Å². The summed E-state index contributed by atoms with van der Waals surface area (Å²) in [5.74, 6) is 0.845. The van der Waals surface area contributed by atoms with Crippen molar-refractivity contribution in [3.05, 3.63) is 42.5 Å². The summed E-state index contributed by atoms with van der Waals surface area (Å²) in [6.07, 6.45) is 1.71. The van der Waals surface area contributed by atoms with Gasteiger partial charge < -0.3 is 10.5 Å². The molecule has 13 heavy (non-hydrogen) atoms. The number of hydrogen-bond donors (Lipinski definition) is 1. The Morgan fingerprint density at radius 1 is 1.54 bits per heavy atom. The van der Waals surface area contributed by atoms with Gasteiger partial charge in [-0.2, -0.15) is 0 Å². The maximum atomic E-state index is 5.83. The zero-order valence-corrected chi connectivity index (χ0v) is 7.86. The quantitative estimate of drug-likeness (QED) is 0.716. The molecule has 2 heteroatoms. The zero-order valence-electron chi connectivity index (χ0n) is 7.86. The highest BCUT2D eigenvalue weighted by molar-refractivity contribution is 5.37. The first kappa shape index (κ1) is 9.81. The second-order valence-electron chi connectivity index (χ2n) is 2.73. The van der Waals surface area contributed by atoms with Gasteiger partial charge in [-0.25, -0.2) is 0 Å². The summed E-state index contributed by atoms with van der Waals surface area (Å²) in [5.41, 5.74) is 6.81. The molecule has 0 bridgehead atoms. The highest BCUT2D eigenvalue weighted by Crippen LogP contribution is 2.23. The SMILES string of the molecule is C=C[C@@H](N)c1ccccc1OCC. The molecule has 0 saturated heterocycles. The smallest absolute Gasteiger partial charge is 0.124 e. The third-order valence-electron chi connectivity index (χ3n) is 1.83. The van der Waals surface area contributed by atoms with E-state index in [0.29, 0.717) is 6.61 Å². The van der Waals surface area contributed by atoms with E-state index in [9.17, 15) is 0 Å². The molecule has 0 saturated carbocycles. The molecule has 70 valence electrons. The van der Waals surface area contributed by atoms with Crippen LogP contribution >= 0.6 is 0 Å². The summed E-state index contributed by atoms with van der Waals surface area (Å²) in [6, 6.07) is 7.60. The van der Waals surface area contributed by atoms with E-state index in [-0.39, 0.29) is 6.04 Å². The zero-order chi connectivity index (χ0) is 9.68. The van der Waals surface area contributed by atoms with Crippen LogP contribution in [0.5, 0.6) is 5.75 Å². The van der Waals surface area contributed by atoms with Crippen molar-refractivity contribution in [2.75, 3.05) is 6.61 Å². The summed E-state index contributed by atoms with van der Waals surface area (Å²) in [5, 5.41) is 0. The normalized spacial score (nSPS) is 12.2. The first-order valence-corrected chi connectivity index (χ1v) is 4.39. The van der Waals surface area contributed by atoms with E-state index in [1.54, 1.807) is 6.08 Å². The number of nitrogens with two attached hydrogens (primary N) is 1. The third-order valence-corrected chi connectivity index (χ3v) is 1.83. The van der Waals surface area contributed by atoms with Crippen LogP contribution in [0.3, 0.4) is 0 Å². The van der Waals surface area contributed by atoms with E-state index < -0.39 is 0 Å². The average molecular weight is 177 g/mol. The van der Waals surface area contributed by atoms with Gasteiger partial charge in [0.25, 0.3) is 0 Å². The van der Waals surface area contributed by atoms with Crippen LogP contribution in [0.4, 0.5) is 0 Å². The largest absolute Gasteiger partial charge is 0.494 e. The Morgan fingerprint density at radius 3 is 2.85 bits per heavy atom. The molecule has 0 aliphatic rings. The fourth-order valence-corrected chi connectivity index (χ4v) is 1.17. The number of hydrogen-bond acceptors (Lipinski definition) is 2. The number of para-hydroxylation sites is 1. The summed E-state index contributed by atoms with van der Waals surface area (Å²) < 4.78 is 5.43. The fraction of sp³-hybridized carbons (Fsp3) is 0.273. The van der Waals surface area contributed by atoms with Gasteiger partial charge in [0, 0.05) is 5.56 Å². The first-order chi connectivity index (χ1) is 6.29. The molecular formula is C11H15NO. The lowest BCUT2D eigenvalue weighted by Crippen LogP contribution is -2.08. The molecule has 0 aliphatic carbocycles. The molecule has 0 radical (unpaired) electrons. The highest BCUT2D eigenvalue weighted by Gasteiger charge is 2.06. The first-order valence-electron chi connectivity index (χ1n) is 4.39. The molecule has 1 aromatic carbocycles. The van der Waals surface area contributed by atoms with Crippen molar-refractivity contribution in [1.29, 1.82) is 0 Å². The van der Waals surface area contributed by atoms with Gasteiger partial charge in [0.05, 0.1) is 12.6 Å². The van der Waals surface area contributed by atoms with Gasteiger partial charge in [-0.05, 0) is 13.0 Å². The van der Waals surface area contributed by atoms with E-state index in [1.807, 2.05) is 31.2 Å². The van der Waals surface area contributed by atoms with Gasteiger partial charge in [0.2, 0.25) is 0 Å². The Morgan fingerprint density at radius 2 is 2.23 bits per heavy atom. The molecule has 1 atom stereocenters. The average Bonchev–Trinajstić information content (AvgIpc) is 2.18. The maximum Gasteiger partial charge on any atom is 0.124 e. The van der Waals surface area contributed by atoms with Crippen LogP contribution in [0.1, 0.15) is 18.5 Å². The van der Waals surface area contributed by atoms with Crippen LogP contribution in [0, 0.1) is 0 Å². The predicted molar refractivity (Wildman–Crippen MR) is 54.7 cm³/mol. The van der Waals surface area contributed by atoms with Crippen molar-refractivity contribution in [2.24, 2.45) is 5.73 Å². The molecule has 2 N–H and O–H groups in total. The summed E-state index contributed by atoms with van der Waals surface area (Å²) in [6.45, 7) is 6.27.